The predicted octanol–water partition coefficient (Wildman–Crippen LogP) is 2.99. The highest BCUT2D eigenvalue weighted by Gasteiger charge is 2.21. The predicted molar refractivity (Wildman–Crippen MR) is 77.1 cm³/mol. The van der Waals surface area contributed by atoms with E-state index < -0.39 is 0 Å². The molecular weight excluding hydrogens is 278 g/mol. The molecule has 2 aromatic rings. The maximum Gasteiger partial charge on any atom is 0.306 e. The molecule has 0 fully saturated rings. The van der Waals surface area contributed by atoms with Crippen LogP contribution in [0.3, 0.4) is 0 Å². The second-order valence-corrected chi connectivity index (χ2v) is 5.15. The fourth-order valence-electron chi connectivity index (χ4n) is 1.66. The lowest BCUT2D eigenvalue weighted by molar-refractivity contribution is -0.386. The highest BCUT2D eigenvalue weighted by Crippen LogP contribution is 2.37. The third-order valence-electron chi connectivity index (χ3n) is 2.52. The molecule has 0 spiro atoms. The summed E-state index contributed by atoms with van der Waals surface area (Å²) in [6.07, 6.45) is 0.897. The van der Waals surface area contributed by atoms with Gasteiger partial charge in [0.25, 0.3) is 0 Å². The summed E-state index contributed by atoms with van der Waals surface area (Å²) in [6, 6.07) is 5.19. The molecule has 2 rings (SSSR count). The van der Waals surface area contributed by atoms with Crippen LogP contribution in [0.4, 0.5) is 11.4 Å². The maximum absolute atomic E-state index is 11.3. The van der Waals surface area contributed by atoms with Gasteiger partial charge in [-0.15, -0.1) is 5.10 Å². The van der Waals surface area contributed by atoms with Gasteiger partial charge in [0.1, 0.15) is 11.5 Å². The van der Waals surface area contributed by atoms with Gasteiger partial charge in [0, 0.05) is 6.54 Å². The molecule has 1 aromatic carbocycles. The lowest BCUT2D eigenvalue weighted by Crippen LogP contribution is -2.04. The van der Waals surface area contributed by atoms with Gasteiger partial charge in [-0.05, 0) is 37.2 Å². The fraction of sp³-hybridized carbons (Fsp3) is 0.333. The summed E-state index contributed by atoms with van der Waals surface area (Å²) in [7, 11) is 0. The molecule has 106 valence electrons. The summed E-state index contributed by atoms with van der Waals surface area (Å²) in [6.45, 7) is 4.48. The molecule has 0 radical (unpaired) electrons. The zero-order valence-electron chi connectivity index (χ0n) is 11.2. The van der Waals surface area contributed by atoms with Crippen molar-refractivity contribution in [1.29, 1.82) is 0 Å². The second-order valence-electron chi connectivity index (χ2n) is 4.14. The Kier molecular flexibility index (Phi) is 4.57. The van der Waals surface area contributed by atoms with E-state index in [0.29, 0.717) is 28.1 Å². The van der Waals surface area contributed by atoms with Crippen molar-refractivity contribution in [2.45, 2.75) is 30.3 Å². The number of benzene rings is 1. The average molecular weight is 293 g/mol. The number of aromatic nitrogens is 3. The highest BCUT2D eigenvalue weighted by atomic mass is 32.2. The van der Waals surface area contributed by atoms with Crippen molar-refractivity contribution < 1.29 is 4.92 Å². The van der Waals surface area contributed by atoms with Gasteiger partial charge in [-0.1, -0.05) is 13.0 Å². The number of hydrogen-bond donors (Lipinski definition) is 2. The zero-order chi connectivity index (χ0) is 14.5. The van der Waals surface area contributed by atoms with Gasteiger partial charge >= 0.3 is 5.69 Å². The number of hydrogen-bond acceptors (Lipinski definition) is 6. The molecule has 20 heavy (non-hydrogen) atoms. The molecule has 0 unspecified atom stereocenters. The van der Waals surface area contributed by atoms with Crippen molar-refractivity contribution in [2.24, 2.45) is 0 Å². The largest absolute Gasteiger partial charge is 0.379 e. The zero-order valence-corrected chi connectivity index (χ0v) is 12.0. The van der Waals surface area contributed by atoms with Crippen molar-refractivity contribution in [1.82, 2.24) is 15.2 Å². The molecule has 1 aromatic heterocycles. The summed E-state index contributed by atoms with van der Waals surface area (Å²) in [5, 5.41) is 21.6. The Labute approximate surface area is 120 Å². The van der Waals surface area contributed by atoms with Crippen LogP contribution in [0.2, 0.25) is 0 Å². The van der Waals surface area contributed by atoms with Crippen LogP contribution in [0.5, 0.6) is 0 Å². The van der Waals surface area contributed by atoms with Gasteiger partial charge in [-0.3, -0.25) is 15.2 Å². The summed E-state index contributed by atoms with van der Waals surface area (Å²) in [5.41, 5.74) is 0.586. The topological polar surface area (TPSA) is 96.7 Å². The summed E-state index contributed by atoms with van der Waals surface area (Å²) < 4.78 is 0. The van der Waals surface area contributed by atoms with Crippen LogP contribution in [0.25, 0.3) is 0 Å². The normalized spacial score (nSPS) is 10.5. The fourth-order valence-corrected chi connectivity index (χ4v) is 2.56. The number of H-pyrrole nitrogens is 1. The molecule has 0 aliphatic heterocycles. The van der Waals surface area contributed by atoms with Crippen LogP contribution in [-0.4, -0.2) is 26.6 Å². The lowest BCUT2D eigenvalue weighted by Gasteiger charge is -2.08. The van der Waals surface area contributed by atoms with Crippen LogP contribution in [0, 0.1) is 17.0 Å². The Morgan fingerprint density at radius 3 is 2.90 bits per heavy atom. The number of nitro benzene ring substituents is 1. The lowest BCUT2D eigenvalue weighted by atomic mass is 10.2. The highest BCUT2D eigenvalue weighted by molar-refractivity contribution is 7.99. The maximum atomic E-state index is 11.3. The van der Waals surface area contributed by atoms with E-state index in [0.717, 1.165) is 6.42 Å². The first-order valence-electron chi connectivity index (χ1n) is 6.20. The van der Waals surface area contributed by atoms with E-state index in [1.165, 1.54) is 11.8 Å². The Morgan fingerprint density at radius 1 is 1.50 bits per heavy atom. The molecule has 7 nitrogen and oxygen atoms in total. The third kappa shape index (κ3) is 3.27. The van der Waals surface area contributed by atoms with E-state index in [1.807, 2.05) is 6.92 Å². The van der Waals surface area contributed by atoms with Gasteiger partial charge in [0.2, 0.25) is 5.16 Å². The number of nitrogens with zero attached hydrogens (tertiary/aromatic N) is 3. The smallest absolute Gasteiger partial charge is 0.306 e. The minimum atomic E-state index is -0.375. The molecule has 0 saturated carbocycles. The minimum Gasteiger partial charge on any atom is -0.379 e. The minimum absolute atomic E-state index is 0.0633. The Hall–Kier alpha value is -2.09. The second kappa shape index (κ2) is 6.38. The van der Waals surface area contributed by atoms with Gasteiger partial charge in [-0.25, -0.2) is 4.98 Å². The van der Waals surface area contributed by atoms with Gasteiger partial charge < -0.3 is 5.32 Å². The quantitative estimate of drug-likeness (QED) is 0.627. The molecule has 1 heterocycles. The Balaban J connectivity index is 2.33. The third-order valence-corrected chi connectivity index (χ3v) is 3.44. The van der Waals surface area contributed by atoms with Crippen LogP contribution in [0.15, 0.2) is 28.3 Å². The van der Waals surface area contributed by atoms with Crippen LogP contribution in [-0.2, 0) is 0 Å². The molecule has 0 atom stereocenters. The summed E-state index contributed by atoms with van der Waals surface area (Å²) in [5.74, 6) is 0.676. The van der Waals surface area contributed by atoms with Crippen molar-refractivity contribution in [3.05, 3.63) is 34.1 Å². The van der Waals surface area contributed by atoms with Crippen LogP contribution in [0.1, 0.15) is 19.2 Å². The summed E-state index contributed by atoms with van der Waals surface area (Å²) in [4.78, 5) is 15.6. The van der Waals surface area contributed by atoms with E-state index in [1.54, 1.807) is 25.1 Å². The van der Waals surface area contributed by atoms with Crippen molar-refractivity contribution in [3.63, 3.8) is 0 Å². The monoisotopic (exact) mass is 293 g/mol. The molecular formula is C12H15N5O2S. The van der Waals surface area contributed by atoms with E-state index in [4.69, 9.17) is 0 Å². The van der Waals surface area contributed by atoms with Crippen LogP contribution < -0.4 is 5.32 Å². The number of aromatic amines is 1. The van der Waals surface area contributed by atoms with E-state index in [2.05, 4.69) is 20.5 Å². The number of nitrogens with one attached hydrogen (secondary N) is 2. The van der Waals surface area contributed by atoms with Gasteiger partial charge in [0.15, 0.2) is 0 Å². The number of anilines is 1. The van der Waals surface area contributed by atoms with Gasteiger partial charge in [0.05, 0.1) is 9.82 Å². The Bertz CT molecular complexity index is 614. The molecule has 0 saturated heterocycles. The first-order valence-corrected chi connectivity index (χ1v) is 7.01. The van der Waals surface area contributed by atoms with Crippen molar-refractivity contribution in [2.75, 3.05) is 11.9 Å². The molecule has 0 amide bonds. The number of para-hydroxylation sites is 1. The van der Waals surface area contributed by atoms with Crippen molar-refractivity contribution >= 4 is 23.1 Å². The number of nitro groups is 1. The number of aryl methyl sites for hydroxylation is 1. The summed E-state index contributed by atoms with van der Waals surface area (Å²) >= 11 is 1.18. The van der Waals surface area contributed by atoms with E-state index in [9.17, 15) is 10.1 Å². The number of rotatable bonds is 6. The van der Waals surface area contributed by atoms with Crippen LogP contribution >= 0.6 is 11.8 Å². The molecule has 2 N–H and O–H groups in total. The molecule has 0 bridgehead atoms. The van der Waals surface area contributed by atoms with E-state index in [-0.39, 0.29) is 10.6 Å². The standard InChI is InChI=1S/C12H15N5O2S/c1-3-7-13-9-5-4-6-10(11(9)17(18)19)20-12-14-8(2)15-16-12/h4-6,13H,3,7H2,1-2H3,(H,14,15,16). The first kappa shape index (κ1) is 14.3. The molecule has 8 heteroatoms. The SMILES string of the molecule is CCCNc1cccc(Sc2n[nH]c(C)n2)c1[N+](=O)[O-]. The average Bonchev–Trinajstić information content (AvgIpc) is 2.81. The molecule has 0 aliphatic carbocycles. The van der Waals surface area contributed by atoms with E-state index >= 15 is 0 Å². The Morgan fingerprint density at radius 2 is 2.30 bits per heavy atom. The first-order chi connectivity index (χ1) is 9.61. The van der Waals surface area contributed by atoms with Gasteiger partial charge in [-0.2, -0.15) is 0 Å². The molecule has 0 aliphatic rings. The van der Waals surface area contributed by atoms with Crippen molar-refractivity contribution in [3.8, 4) is 0 Å².